The van der Waals surface area contributed by atoms with E-state index in [1.165, 1.54) is 24.3 Å². The lowest BCUT2D eigenvalue weighted by Crippen LogP contribution is -2.12. The van der Waals surface area contributed by atoms with Crippen LogP contribution in [-0.2, 0) is 0 Å². The van der Waals surface area contributed by atoms with Gasteiger partial charge in [-0.05, 0) is 108 Å². The summed E-state index contributed by atoms with van der Waals surface area (Å²) in [5.41, 5.74) is 5.00. The van der Waals surface area contributed by atoms with Gasteiger partial charge in [0, 0.05) is 69.5 Å². The second-order valence-corrected chi connectivity index (χ2v) is 10.7. The van der Waals surface area contributed by atoms with Crippen molar-refractivity contribution in [2.45, 2.75) is 0 Å². The van der Waals surface area contributed by atoms with Crippen molar-refractivity contribution in [3.63, 3.8) is 0 Å². The Morgan fingerprint density at radius 1 is 0.417 bits per heavy atom. The quantitative estimate of drug-likeness (QED) is 0.0853. The Hall–Kier alpha value is -7.08. The number of hydrogen-bond donors (Lipinski definition) is 4. The molecule has 12 heteroatoms. The zero-order chi connectivity index (χ0) is 33.6. The predicted molar refractivity (Wildman–Crippen MR) is 185 cm³/mol. The lowest BCUT2D eigenvalue weighted by molar-refractivity contribution is -0.385. The van der Waals surface area contributed by atoms with E-state index in [1.807, 2.05) is 0 Å². The lowest BCUT2D eigenvalue weighted by atomic mass is 10.0. The van der Waals surface area contributed by atoms with E-state index in [9.17, 15) is 29.8 Å². The highest BCUT2D eigenvalue weighted by Crippen LogP contribution is 2.25. The molecule has 0 aliphatic carbocycles. The van der Waals surface area contributed by atoms with Crippen molar-refractivity contribution < 1.29 is 19.4 Å². The number of rotatable bonds is 10. The molecule has 0 aliphatic heterocycles. The van der Waals surface area contributed by atoms with Gasteiger partial charge in [0.2, 0.25) is 0 Å². The molecule has 0 radical (unpaired) electrons. The molecule has 12 nitrogen and oxygen atoms in total. The van der Waals surface area contributed by atoms with Gasteiger partial charge in [-0.25, -0.2) is 0 Å². The van der Waals surface area contributed by atoms with Crippen LogP contribution in [0.4, 0.5) is 45.5 Å². The molecule has 6 aromatic carbocycles. The summed E-state index contributed by atoms with van der Waals surface area (Å²) in [4.78, 5) is 46.8. The van der Waals surface area contributed by atoms with Crippen LogP contribution in [0.1, 0.15) is 20.7 Å². The van der Waals surface area contributed by atoms with Crippen LogP contribution in [0, 0.1) is 20.2 Å². The van der Waals surface area contributed by atoms with Gasteiger partial charge in [0.1, 0.15) is 0 Å². The van der Waals surface area contributed by atoms with E-state index in [4.69, 9.17) is 0 Å². The molecule has 0 aliphatic rings. The third-order valence-electron chi connectivity index (χ3n) is 7.38. The number of benzene rings is 6. The first-order valence-electron chi connectivity index (χ1n) is 14.6. The van der Waals surface area contributed by atoms with Crippen LogP contribution in [0.15, 0.2) is 133 Å². The third kappa shape index (κ3) is 7.41. The fourth-order valence-electron chi connectivity index (χ4n) is 4.87. The minimum absolute atomic E-state index is 0.00938. The van der Waals surface area contributed by atoms with Gasteiger partial charge in [-0.2, -0.15) is 0 Å². The summed E-state index contributed by atoms with van der Waals surface area (Å²) in [7, 11) is 0. The number of carbonyl (C=O) groups is 2. The van der Waals surface area contributed by atoms with E-state index in [0.29, 0.717) is 33.9 Å². The molecule has 0 saturated carbocycles. The molecule has 0 unspecified atom stereocenters. The number of hydrogen-bond acceptors (Lipinski definition) is 8. The molecule has 48 heavy (non-hydrogen) atoms. The molecule has 6 aromatic rings. The van der Waals surface area contributed by atoms with Crippen molar-refractivity contribution >= 4 is 68.1 Å². The Bertz CT molecular complexity index is 1990. The van der Waals surface area contributed by atoms with E-state index < -0.39 is 9.85 Å². The largest absolute Gasteiger partial charge is 0.356 e. The van der Waals surface area contributed by atoms with Gasteiger partial charge < -0.3 is 21.3 Å². The van der Waals surface area contributed by atoms with Crippen molar-refractivity contribution in [1.82, 2.24) is 0 Å². The summed E-state index contributed by atoms with van der Waals surface area (Å²) < 4.78 is 0. The molecule has 236 valence electrons. The lowest BCUT2D eigenvalue weighted by Gasteiger charge is -2.10. The van der Waals surface area contributed by atoms with E-state index in [-0.39, 0.29) is 23.2 Å². The summed E-state index contributed by atoms with van der Waals surface area (Å²) in [5.74, 6) is -0.581. The highest BCUT2D eigenvalue weighted by molar-refractivity contribution is 6.09. The Labute approximate surface area is 273 Å². The fraction of sp³-hybridized carbons (Fsp3) is 0. The highest BCUT2D eigenvalue weighted by atomic mass is 16.6. The molecule has 0 saturated heterocycles. The first-order chi connectivity index (χ1) is 23.2. The summed E-state index contributed by atoms with van der Waals surface area (Å²) in [6.45, 7) is 0. The Kier molecular flexibility index (Phi) is 8.70. The summed E-state index contributed by atoms with van der Waals surface area (Å²) in [6.07, 6.45) is 0. The van der Waals surface area contributed by atoms with Crippen molar-refractivity contribution in [2.75, 3.05) is 21.3 Å². The van der Waals surface area contributed by atoms with Crippen LogP contribution in [-0.4, -0.2) is 21.7 Å². The van der Waals surface area contributed by atoms with Crippen LogP contribution in [0.5, 0.6) is 0 Å². The third-order valence-corrected chi connectivity index (χ3v) is 7.38. The SMILES string of the molecule is O=C(Nc1ccc(Nc2ccc([N+](=O)[O-])cc2)cc1)c1ccc2cc(C(=O)Nc3ccc(Nc4ccc([N+](=O)[O-])cc4)cc3)ccc2c1. The van der Waals surface area contributed by atoms with Crippen molar-refractivity contribution in [3.05, 3.63) is 165 Å². The Balaban J connectivity index is 1.04. The molecular formula is C36H26N6O6. The first-order valence-corrected chi connectivity index (χ1v) is 14.6. The van der Waals surface area contributed by atoms with Crippen molar-refractivity contribution in [3.8, 4) is 0 Å². The van der Waals surface area contributed by atoms with Gasteiger partial charge in [0.25, 0.3) is 23.2 Å². The van der Waals surface area contributed by atoms with Gasteiger partial charge >= 0.3 is 0 Å². The molecule has 0 aromatic heterocycles. The van der Waals surface area contributed by atoms with Crippen molar-refractivity contribution in [1.29, 1.82) is 0 Å². The monoisotopic (exact) mass is 638 g/mol. The molecule has 0 atom stereocenters. The molecular weight excluding hydrogens is 612 g/mol. The smallest absolute Gasteiger partial charge is 0.269 e. The molecule has 0 fully saturated rings. The number of fused-ring (bicyclic) bond motifs is 1. The van der Waals surface area contributed by atoms with E-state index >= 15 is 0 Å². The maximum atomic E-state index is 13.0. The minimum Gasteiger partial charge on any atom is -0.356 e. The molecule has 0 heterocycles. The number of carbonyl (C=O) groups excluding carboxylic acids is 2. The zero-order valence-electron chi connectivity index (χ0n) is 25.0. The van der Waals surface area contributed by atoms with Gasteiger partial charge in [-0.1, -0.05) is 12.1 Å². The predicted octanol–water partition coefficient (Wildman–Crippen LogP) is 8.65. The molecule has 0 spiro atoms. The van der Waals surface area contributed by atoms with Crippen LogP contribution >= 0.6 is 0 Å². The number of amides is 2. The zero-order valence-corrected chi connectivity index (χ0v) is 25.0. The average molecular weight is 639 g/mol. The van der Waals surface area contributed by atoms with E-state index in [2.05, 4.69) is 21.3 Å². The number of non-ortho nitro benzene ring substituents is 2. The summed E-state index contributed by atoms with van der Waals surface area (Å²) in [6, 6.07) is 36.8. The summed E-state index contributed by atoms with van der Waals surface area (Å²) >= 11 is 0. The van der Waals surface area contributed by atoms with Gasteiger partial charge in [-0.3, -0.25) is 29.8 Å². The fourth-order valence-corrected chi connectivity index (χ4v) is 4.87. The number of nitrogens with one attached hydrogen (secondary N) is 4. The molecule has 2 amide bonds. The van der Waals surface area contributed by atoms with Gasteiger partial charge in [-0.15, -0.1) is 0 Å². The van der Waals surface area contributed by atoms with Crippen LogP contribution < -0.4 is 21.3 Å². The minimum atomic E-state index is -0.455. The van der Waals surface area contributed by atoms with E-state index in [1.54, 1.807) is 109 Å². The number of nitro benzene ring substituents is 2. The summed E-state index contributed by atoms with van der Waals surface area (Å²) in [5, 5.41) is 35.4. The van der Waals surface area contributed by atoms with Gasteiger partial charge in [0.15, 0.2) is 0 Å². The normalized spacial score (nSPS) is 10.6. The second kappa shape index (κ2) is 13.5. The topological polar surface area (TPSA) is 169 Å². The molecule has 4 N–H and O–H groups in total. The van der Waals surface area contributed by atoms with Crippen LogP contribution in [0.25, 0.3) is 10.8 Å². The highest BCUT2D eigenvalue weighted by Gasteiger charge is 2.11. The number of anilines is 6. The Morgan fingerprint density at radius 3 is 1.02 bits per heavy atom. The molecule has 6 rings (SSSR count). The number of nitro groups is 2. The second-order valence-electron chi connectivity index (χ2n) is 10.7. The van der Waals surface area contributed by atoms with E-state index in [0.717, 1.165) is 22.1 Å². The first kappa shape index (κ1) is 30.9. The standard InChI is InChI=1S/C36H26N6O6/c43-35(39-31-9-5-27(6-10-31)37-29-13-17-33(18-14-29)41(45)46)25-3-1-23-21-26(4-2-24(23)22-25)36(44)40-32-11-7-28(8-12-32)38-30-15-19-34(20-16-30)42(47)48/h1-22,37-38H,(H,39,43)(H,40,44). The maximum Gasteiger partial charge on any atom is 0.269 e. The average Bonchev–Trinajstić information content (AvgIpc) is 3.10. The maximum absolute atomic E-state index is 13.0. The van der Waals surface area contributed by atoms with Crippen LogP contribution in [0.3, 0.4) is 0 Å². The van der Waals surface area contributed by atoms with Gasteiger partial charge in [0.05, 0.1) is 9.85 Å². The number of nitrogens with zero attached hydrogens (tertiary/aromatic N) is 2. The molecule has 0 bridgehead atoms. The van der Waals surface area contributed by atoms with Crippen molar-refractivity contribution in [2.24, 2.45) is 0 Å². The van der Waals surface area contributed by atoms with Crippen LogP contribution in [0.2, 0.25) is 0 Å². The Morgan fingerprint density at radius 2 is 0.708 bits per heavy atom.